The van der Waals surface area contributed by atoms with Crippen molar-refractivity contribution in [2.24, 2.45) is 5.73 Å². The molecule has 0 spiro atoms. The highest BCUT2D eigenvalue weighted by atomic mass is 79.9. The fourth-order valence-electron chi connectivity index (χ4n) is 2.03. The molecule has 0 saturated carbocycles. The molecule has 2 amide bonds. The van der Waals surface area contributed by atoms with Gasteiger partial charge in [-0.3, -0.25) is 9.59 Å². The van der Waals surface area contributed by atoms with Crippen molar-refractivity contribution in [3.05, 3.63) is 68.4 Å². The number of benzene rings is 2. The Bertz CT molecular complexity index is 732. The Labute approximate surface area is 149 Å². The monoisotopic (exact) mass is 442 g/mol. The number of amides is 2. The van der Waals surface area contributed by atoms with Gasteiger partial charge in [-0.2, -0.15) is 0 Å². The molecule has 0 heterocycles. The van der Waals surface area contributed by atoms with Gasteiger partial charge in [0, 0.05) is 20.9 Å². The molecule has 120 valence electrons. The van der Waals surface area contributed by atoms with Gasteiger partial charge in [0.1, 0.15) is 11.9 Å². The molecule has 0 bridgehead atoms. The average molecular weight is 444 g/mol. The Hall–Kier alpha value is -1.73. The van der Waals surface area contributed by atoms with E-state index in [1.807, 2.05) is 0 Å². The summed E-state index contributed by atoms with van der Waals surface area (Å²) in [6, 6.07) is 10.1. The fourth-order valence-corrected chi connectivity index (χ4v) is 3.33. The quantitative estimate of drug-likeness (QED) is 0.744. The minimum atomic E-state index is -1.00. The van der Waals surface area contributed by atoms with Gasteiger partial charge in [0.15, 0.2) is 0 Å². The van der Waals surface area contributed by atoms with Gasteiger partial charge in [-0.15, -0.1) is 0 Å². The van der Waals surface area contributed by atoms with Crippen molar-refractivity contribution in [2.75, 3.05) is 0 Å². The van der Waals surface area contributed by atoms with Gasteiger partial charge < -0.3 is 11.1 Å². The molecule has 0 radical (unpaired) electrons. The van der Waals surface area contributed by atoms with Crippen LogP contribution in [0, 0.1) is 5.82 Å². The molecule has 0 aliphatic carbocycles. The lowest BCUT2D eigenvalue weighted by Gasteiger charge is -2.16. The fraction of sp³-hybridized carbons (Fsp3) is 0.125. The van der Waals surface area contributed by atoms with Gasteiger partial charge in [0.2, 0.25) is 5.91 Å². The maximum Gasteiger partial charge on any atom is 0.252 e. The highest BCUT2D eigenvalue weighted by molar-refractivity contribution is 9.11. The summed E-state index contributed by atoms with van der Waals surface area (Å²) in [6.07, 6.45) is -0.0110. The highest BCUT2D eigenvalue weighted by Crippen LogP contribution is 2.20. The molecule has 2 aromatic rings. The standard InChI is InChI=1S/C16H13Br2FN2O2/c17-11-5-10(6-12(18)8-11)16(23)21-14(15(20)22)7-9-3-1-2-4-13(9)19/h1-6,8,14H,7H2,(H2,20,22)(H,21,23)/t14-/m1/s1. The zero-order valence-corrected chi connectivity index (χ0v) is 15.0. The van der Waals surface area contributed by atoms with Crippen LogP contribution in [0.25, 0.3) is 0 Å². The van der Waals surface area contributed by atoms with Crippen molar-refractivity contribution >= 4 is 43.7 Å². The predicted molar refractivity (Wildman–Crippen MR) is 92.4 cm³/mol. The Morgan fingerprint density at radius 2 is 1.74 bits per heavy atom. The van der Waals surface area contributed by atoms with Crippen molar-refractivity contribution in [3.8, 4) is 0 Å². The van der Waals surface area contributed by atoms with E-state index >= 15 is 0 Å². The number of halogens is 3. The number of hydrogen-bond donors (Lipinski definition) is 2. The number of primary amides is 1. The van der Waals surface area contributed by atoms with E-state index in [0.29, 0.717) is 20.1 Å². The Balaban J connectivity index is 2.18. The van der Waals surface area contributed by atoms with E-state index in [4.69, 9.17) is 5.73 Å². The van der Waals surface area contributed by atoms with E-state index in [1.54, 1.807) is 36.4 Å². The Morgan fingerprint density at radius 1 is 1.13 bits per heavy atom. The van der Waals surface area contributed by atoms with E-state index in [1.165, 1.54) is 6.07 Å². The van der Waals surface area contributed by atoms with E-state index < -0.39 is 23.7 Å². The maximum absolute atomic E-state index is 13.7. The van der Waals surface area contributed by atoms with E-state index in [-0.39, 0.29) is 6.42 Å². The summed E-state index contributed by atoms with van der Waals surface area (Å²) >= 11 is 6.58. The third-order valence-electron chi connectivity index (χ3n) is 3.16. The molecule has 23 heavy (non-hydrogen) atoms. The number of rotatable bonds is 5. The Kier molecular flexibility index (Phi) is 5.90. The summed E-state index contributed by atoms with van der Waals surface area (Å²) in [5.74, 6) is -1.64. The van der Waals surface area contributed by atoms with Crippen molar-refractivity contribution in [1.29, 1.82) is 0 Å². The van der Waals surface area contributed by atoms with Crippen LogP contribution in [0.1, 0.15) is 15.9 Å². The van der Waals surface area contributed by atoms with Gasteiger partial charge in [-0.1, -0.05) is 50.1 Å². The summed E-state index contributed by atoms with van der Waals surface area (Å²) in [5.41, 5.74) is 5.99. The minimum Gasteiger partial charge on any atom is -0.368 e. The number of hydrogen-bond acceptors (Lipinski definition) is 2. The van der Waals surface area contributed by atoms with Crippen LogP contribution in [0.15, 0.2) is 51.4 Å². The maximum atomic E-state index is 13.7. The molecular weight excluding hydrogens is 431 g/mol. The highest BCUT2D eigenvalue weighted by Gasteiger charge is 2.21. The lowest BCUT2D eigenvalue weighted by molar-refractivity contribution is -0.119. The van der Waals surface area contributed by atoms with E-state index in [0.717, 1.165) is 0 Å². The zero-order chi connectivity index (χ0) is 17.0. The number of nitrogens with one attached hydrogen (secondary N) is 1. The molecule has 0 unspecified atom stereocenters. The predicted octanol–water partition coefficient (Wildman–Crippen LogP) is 3.18. The SMILES string of the molecule is NC(=O)[C@@H](Cc1ccccc1F)NC(=O)c1cc(Br)cc(Br)c1. The summed E-state index contributed by atoms with van der Waals surface area (Å²) in [7, 11) is 0. The molecule has 4 nitrogen and oxygen atoms in total. The first-order valence-corrected chi connectivity index (χ1v) is 8.25. The van der Waals surface area contributed by atoms with Crippen molar-refractivity contribution in [1.82, 2.24) is 5.32 Å². The van der Waals surface area contributed by atoms with E-state index in [9.17, 15) is 14.0 Å². The van der Waals surface area contributed by atoms with Crippen molar-refractivity contribution < 1.29 is 14.0 Å². The summed E-state index contributed by atoms with van der Waals surface area (Å²) in [4.78, 5) is 23.9. The third kappa shape index (κ3) is 4.87. The lowest BCUT2D eigenvalue weighted by Crippen LogP contribution is -2.46. The summed E-state index contributed by atoms with van der Waals surface area (Å²) < 4.78 is 15.1. The molecule has 1 atom stereocenters. The first-order chi connectivity index (χ1) is 10.9. The molecule has 0 fully saturated rings. The molecule has 3 N–H and O–H groups in total. The largest absolute Gasteiger partial charge is 0.368 e. The summed E-state index contributed by atoms with van der Waals surface area (Å²) in [6.45, 7) is 0. The van der Waals surface area contributed by atoms with Crippen LogP contribution in [-0.4, -0.2) is 17.9 Å². The van der Waals surface area contributed by atoms with Gasteiger partial charge in [-0.05, 0) is 29.8 Å². The Morgan fingerprint density at radius 3 is 2.30 bits per heavy atom. The van der Waals surface area contributed by atoms with Gasteiger partial charge >= 0.3 is 0 Å². The molecule has 7 heteroatoms. The molecule has 0 aromatic heterocycles. The first-order valence-electron chi connectivity index (χ1n) is 6.66. The van der Waals surface area contributed by atoms with Crippen LogP contribution in [0.3, 0.4) is 0 Å². The van der Waals surface area contributed by atoms with Crippen LogP contribution in [0.2, 0.25) is 0 Å². The lowest BCUT2D eigenvalue weighted by atomic mass is 10.0. The first kappa shape index (κ1) is 17.6. The molecule has 0 aliphatic heterocycles. The minimum absolute atomic E-state index is 0.0110. The smallest absolute Gasteiger partial charge is 0.252 e. The molecule has 2 aromatic carbocycles. The molecule has 0 saturated heterocycles. The van der Waals surface area contributed by atoms with Crippen molar-refractivity contribution in [2.45, 2.75) is 12.5 Å². The second-order valence-corrected chi connectivity index (χ2v) is 6.71. The number of nitrogens with two attached hydrogens (primary N) is 1. The number of carbonyl (C=O) groups excluding carboxylic acids is 2. The van der Waals surface area contributed by atoms with Crippen molar-refractivity contribution in [3.63, 3.8) is 0 Å². The van der Waals surface area contributed by atoms with Gasteiger partial charge in [0.05, 0.1) is 0 Å². The van der Waals surface area contributed by atoms with Gasteiger partial charge in [0.25, 0.3) is 5.91 Å². The topological polar surface area (TPSA) is 72.2 Å². The normalized spacial score (nSPS) is 11.8. The zero-order valence-electron chi connectivity index (χ0n) is 11.9. The number of carbonyl (C=O) groups is 2. The van der Waals surface area contributed by atoms with Crippen LogP contribution >= 0.6 is 31.9 Å². The van der Waals surface area contributed by atoms with Crippen LogP contribution in [0.5, 0.6) is 0 Å². The average Bonchev–Trinajstić information content (AvgIpc) is 2.47. The van der Waals surface area contributed by atoms with Crippen LogP contribution < -0.4 is 11.1 Å². The second-order valence-electron chi connectivity index (χ2n) is 4.88. The third-order valence-corrected chi connectivity index (χ3v) is 4.07. The molecular formula is C16H13Br2FN2O2. The second kappa shape index (κ2) is 7.70. The van der Waals surface area contributed by atoms with Crippen LogP contribution in [0.4, 0.5) is 4.39 Å². The molecule has 0 aliphatic rings. The van der Waals surface area contributed by atoms with Crippen LogP contribution in [-0.2, 0) is 11.2 Å². The van der Waals surface area contributed by atoms with Gasteiger partial charge in [-0.25, -0.2) is 4.39 Å². The van der Waals surface area contributed by atoms with E-state index in [2.05, 4.69) is 37.2 Å². The summed E-state index contributed by atoms with van der Waals surface area (Å²) in [5, 5.41) is 2.54. The molecule has 2 rings (SSSR count).